The minimum atomic E-state index is -0.515. The molecular weight excluding hydrogens is 276 g/mol. The Morgan fingerprint density at radius 2 is 2.05 bits per heavy atom. The summed E-state index contributed by atoms with van der Waals surface area (Å²) in [5, 5.41) is 16.2. The van der Waals surface area contributed by atoms with E-state index in [1.54, 1.807) is 7.05 Å². The molecule has 2 aliphatic carbocycles. The highest BCUT2D eigenvalue weighted by Crippen LogP contribution is 2.43. The Labute approximate surface area is 121 Å². The van der Waals surface area contributed by atoms with Crippen LogP contribution >= 0.6 is 11.3 Å². The number of nitrogens with one attached hydrogen (secondary N) is 2. The molecule has 0 bridgehead atoms. The van der Waals surface area contributed by atoms with Crippen LogP contribution in [0.25, 0.3) is 0 Å². The van der Waals surface area contributed by atoms with E-state index in [2.05, 4.69) is 10.6 Å². The summed E-state index contributed by atoms with van der Waals surface area (Å²) in [6.07, 6.45) is 3.70. The Kier molecular flexibility index (Phi) is 3.52. The van der Waals surface area contributed by atoms with Crippen LogP contribution in [0, 0.1) is 5.92 Å². The number of aliphatic hydroxyl groups excluding tert-OH is 1. The van der Waals surface area contributed by atoms with Crippen LogP contribution in [0.15, 0.2) is 0 Å². The van der Waals surface area contributed by atoms with Crippen LogP contribution in [0.2, 0.25) is 0 Å². The van der Waals surface area contributed by atoms with Gasteiger partial charge in [0.05, 0.1) is 11.7 Å². The van der Waals surface area contributed by atoms with E-state index in [-0.39, 0.29) is 17.7 Å². The lowest BCUT2D eigenvalue weighted by Gasteiger charge is -2.17. The van der Waals surface area contributed by atoms with Gasteiger partial charge in [-0.15, -0.1) is 11.3 Å². The van der Waals surface area contributed by atoms with Crippen LogP contribution in [0.1, 0.15) is 52.6 Å². The first-order chi connectivity index (χ1) is 9.61. The third-order valence-electron chi connectivity index (χ3n) is 3.88. The summed E-state index contributed by atoms with van der Waals surface area (Å²) < 4.78 is 0. The molecule has 1 aromatic rings. The molecule has 2 amide bonds. The molecule has 1 saturated carbocycles. The third-order valence-corrected chi connectivity index (χ3v) is 5.13. The van der Waals surface area contributed by atoms with E-state index in [0.29, 0.717) is 10.6 Å². The van der Waals surface area contributed by atoms with E-state index in [1.165, 1.54) is 11.3 Å². The van der Waals surface area contributed by atoms with Crippen molar-refractivity contribution in [2.45, 2.75) is 38.2 Å². The van der Waals surface area contributed by atoms with Gasteiger partial charge in [0.25, 0.3) is 5.91 Å². The molecule has 2 aliphatic rings. The fraction of sp³-hybridized carbons (Fsp3) is 0.571. The van der Waals surface area contributed by atoms with Crippen LogP contribution < -0.4 is 10.6 Å². The van der Waals surface area contributed by atoms with Crippen molar-refractivity contribution in [3.05, 3.63) is 16.0 Å². The Morgan fingerprint density at radius 3 is 2.70 bits per heavy atom. The number of carbonyl (C=O) groups is 2. The zero-order valence-electron chi connectivity index (χ0n) is 11.4. The molecule has 1 unspecified atom stereocenters. The van der Waals surface area contributed by atoms with Gasteiger partial charge in [0.2, 0.25) is 5.91 Å². The molecule has 1 fully saturated rings. The van der Waals surface area contributed by atoms with Crippen molar-refractivity contribution in [2.24, 2.45) is 5.92 Å². The highest BCUT2D eigenvalue weighted by atomic mass is 32.1. The van der Waals surface area contributed by atoms with Crippen LogP contribution in [0.3, 0.4) is 0 Å². The monoisotopic (exact) mass is 294 g/mol. The predicted molar refractivity (Wildman–Crippen MR) is 77.0 cm³/mol. The summed E-state index contributed by atoms with van der Waals surface area (Å²) in [6, 6.07) is 0. The predicted octanol–water partition coefficient (Wildman–Crippen LogP) is 1.83. The van der Waals surface area contributed by atoms with E-state index in [4.69, 9.17) is 0 Å². The maximum absolute atomic E-state index is 12.1. The Morgan fingerprint density at radius 1 is 1.30 bits per heavy atom. The Balaban J connectivity index is 1.98. The summed E-state index contributed by atoms with van der Waals surface area (Å²) in [7, 11) is 1.58. The van der Waals surface area contributed by atoms with Gasteiger partial charge in [-0.3, -0.25) is 9.59 Å². The first kappa shape index (κ1) is 13.6. The smallest absolute Gasteiger partial charge is 0.254 e. The number of carbonyl (C=O) groups excluding carboxylic acids is 2. The molecule has 0 saturated heterocycles. The van der Waals surface area contributed by atoms with Crippen molar-refractivity contribution in [3.8, 4) is 0 Å². The molecule has 6 heteroatoms. The molecule has 108 valence electrons. The average molecular weight is 294 g/mol. The molecule has 0 radical (unpaired) electrons. The molecule has 0 spiro atoms. The Hall–Kier alpha value is -1.40. The zero-order chi connectivity index (χ0) is 14.3. The van der Waals surface area contributed by atoms with Crippen molar-refractivity contribution in [1.29, 1.82) is 0 Å². The highest BCUT2D eigenvalue weighted by Gasteiger charge is 2.33. The van der Waals surface area contributed by atoms with E-state index < -0.39 is 6.10 Å². The molecular formula is C14H18N2O3S. The van der Waals surface area contributed by atoms with E-state index in [0.717, 1.165) is 42.5 Å². The average Bonchev–Trinajstić information content (AvgIpc) is 3.21. The molecule has 1 heterocycles. The van der Waals surface area contributed by atoms with E-state index in [1.807, 2.05) is 0 Å². The fourth-order valence-electron chi connectivity index (χ4n) is 2.62. The second-order valence-corrected chi connectivity index (χ2v) is 6.45. The number of rotatable bonds is 3. The van der Waals surface area contributed by atoms with Crippen molar-refractivity contribution < 1.29 is 14.7 Å². The number of thiophene rings is 1. The molecule has 5 nitrogen and oxygen atoms in total. The van der Waals surface area contributed by atoms with Gasteiger partial charge in [0.1, 0.15) is 5.00 Å². The summed E-state index contributed by atoms with van der Waals surface area (Å²) in [5.74, 6) is -0.109. The molecule has 0 aliphatic heterocycles. The van der Waals surface area contributed by atoms with Gasteiger partial charge in [0.15, 0.2) is 0 Å². The lowest BCUT2D eigenvalue weighted by Crippen LogP contribution is -2.22. The first-order valence-electron chi connectivity index (χ1n) is 6.98. The van der Waals surface area contributed by atoms with Gasteiger partial charge >= 0.3 is 0 Å². The first-order valence-corrected chi connectivity index (χ1v) is 7.80. The van der Waals surface area contributed by atoms with E-state index >= 15 is 0 Å². The largest absolute Gasteiger partial charge is 0.388 e. The standard InChI is InChI=1S/C14H18N2O3S/c1-15-13(19)10-8-3-2-4-9(17)11(8)20-14(10)16-12(18)7-5-6-7/h7,9,17H,2-6H2,1H3,(H,15,19)(H,16,18). The quantitative estimate of drug-likeness (QED) is 0.795. The van der Waals surface area contributed by atoms with Crippen molar-refractivity contribution in [3.63, 3.8) is 0 Å². The molecule has 3 N–H and O–H groups in total. The zero-order valence-corrected chi connectivity index (χ0v) is 12.2. The maximum atomic E-state index is 12.1. The van der Waals surface area contributed by atoms with Gasteiger partial charge in [-0.1, -0.05) is 0 Å². The van der Waals surface area contributed by atoms with Crippen molar-refractivity contribution >= 4 is 28.2 Å². The maximum Gasteiger partial charge on any atom is 0.254 e. The number of fused-ring (bicyclic) bond motifs is 1. The molecule has 0 aromatic carbocycles. The fourth-order valence-corrected chi connectivity index (χ4v) is 3.89. The van der Waals surface area contributed by atoms with Crippen molar-refractivity contribution in [2.75, 3.05) is 12.4 Å². The summed E-state index contributed by atoms with van der Waals surface area (Å²) in [4.78, 5) is 24.9. The second kappa shape index (κ2) is 5.18. The topological polar surface area (TPSA) is 78.4 Å². The van der Waals surface area contributed by atoms with Gasteiger partial charge in [-0.05, 0) is 37.7 Å². The van der Waals surface area contributed by atoms with Gasteiger partial charge in [-0.2, -0.15) is 0 Å². The van der Waals surface area contributed by atoms with Crippen LogP contribution in [0.5, 0.6) is 0 Å². The summed E-state index contributed by atoms with van der Waals surface area (Å²) >= 11 is 1.34. The van der Waals surface area contributed by atoms with E-state index in [9.17, 15) is 14.7 Å². The molecule has 20 heavy (non-hydrogen) atoms. The van der Waals surface area contributed by atoms with Crippen LogP contribution in [-0.4, -0.2) is 24.0 Å². The molecule has 1 atom stereocenters. The number of anilines is 1. The SMILES string of the molecule is CNC(=O)c1c(NC(=O)C2CC2)sc2c1CCCC2O. The van der Waals surface area contributed by atoms with Crippen LogP contribution in [-0.2, 0) is 11.2 Å². The summed E-state index contributed by atoms with van der Waals surface area (Å²) in [5.41, 5.74) is 1.44. The minimum absolute atomic E-state index is 0.0109. The molecule has 3 rings (SSSR count). The normalized spacial score (nSPS) is 21.2. The van der Waals surface area contributed by atoms with Crippen molar-refractivity contribution in [1.82, 2.24) is 5.32 Å². The number of hydrogen-bond acceptors (Lipinski definition) is 4. The Bertz CT molecular complexity index is 563. The summed E-state index contributed by atoms with van der Waals surface area (Å²) in [6.45, 7) is 0. The third kappa shape index (κ3) is 2.33. The lowest BCUT2D eigenvalue weighted by molar-refractivity contribution is -0.117. The second-order valence-electron chi connectivity index (χ2n) is 5.40. The lowest BCUT2D eigenvalue weighted by atomic mass is 9.93. The highest BCUT2D eigenvalue weighted by molar-refractivity contribution is 7.17. The number of hydrogen-bond donors (Lipinski definition) is 3. The van der Waals surface area contributed by atoms with Crippen LogP contribution in [0.4, 0.5) is 5.00 Å². The molecule has 1 aromatic heterocycles. The number of amides is 2. The van der Waals surface area contributed by atoms with Gasteiger partial charge < -0.3 is 15.7 Å². The minimum Gasteiger partial charge on any atom is -0.388 e. The van der Waals surface area contributed by atoms with Gasteiger partial charge in [0, 0.05) is 17.8 Å². The number of aliphatic hydroxyl groups is 1. The van der Waals surface area contributed by atoms with Gasteiger partial charge in [-0.25, -0.2) is 0 Å².